The van der Waals surface area contributed by atoms with Gasteiger partial charge in [-0.05, 0) is 47.1 Å². The molecule has 1 aromatic carbocycles. The normalized spacial score (nSPS) is 10.5. The van der Waals surface area contributed by atoms with Crippen LogP contribution in [0.3, 0.4) is 0 Å². The lowest BCUT2D eigenvalue weighted by atomic mass is 10.3. The summed E-state index contributed by atoms with van der Waals surface area (Å²) < 4.78 is 2.72. The van der Waals surface area contributed by atoms with E-state index in [0.29, 0.717) is 17.3 Å². The summed E-state index contributed by atoms with van der Waals surface area (Å²) in [4.78, 5) is 13.7. The highest BCUT2D eigenvalue weighted by Crippen LogP contribution is 2.17. The number of anilines is 1. The number of aromatic nitrogens is 2. The summed E-state index contributed by atoms with van der Waals surface area (Å²) in [6.45, 7) is 3.23. The molecule has 0 atom stereocenters. The monoisotopic (exact) mass is 370 g/mol. The number of amides is 2. The Labute approximate surface area is 137 Å². The number of aryl methyl sites for hydroxylation is 1. The van der Waals surface area contributed by atoms with Gasteiger partial charge < -0.3 is 10.2 Å². The van der Waals surface area contributed by atoms with Gasteiger partial charge in [-0.2, -0.15) is 5.10 Å². The molecular weight excluding hydrogens is 356 g/mol. The standard InChI is InChI=1S/C14H16BrClN4O/c1-3-20-8-12(15)13(18-20)9-19(2)14(21)17-11-6-4-10(16)5-7-11/h4-8H,3,9H2,1-2H3,(H,17,21). The molecule has 7 heteroatoms. The molecule has 1 N–H and O–H groups in total. The number of nitrogens with one attached hydrogen (secondary N) is 1. The van der Waals surface area contributed by atoms with Crippen molar-refractivity contribution in [2.24, 2.45) is 0 Å². The molecule has 5 nitrogen and oxygen atoms in total. The molecule has 0 unspecified atom stereocenters. The molecule has 0 radical (unpaired) electrons. The second-order valence-corrected chi connectivity index (χ2v) is 5.86. The molecule has 0 bridgehead atoms. The Morgan fingerprint density at radius 2 is 2.10 bits per heavy atom. The molecule has 0 aliphatic rings. The van der Waals surface area contributed by atoms with Gasteiger partial charge in [0, 0.05) is 30.5 Å². The van der Waals surface area contributed by atoms with Crippen molar-refractivity contribution in [3.8, 4) is 0 Å². The van der Waals surface area contributed by atoms with E-state index in [2.05, 4.69) is 26.3 Å². The number of benzene rings is 1. The Balaban J connectivity index is 1.98. The van der Waals surface area contributed by atoms with Crippen molar-refractivity contribution in [3.05, 3.63) is 45.7 Å². The third kappa shape index (κ3) is 4.22. The average molecular weight is 372 g/mol. The van der Waals surface area contributed by atoms with Gasteiger partial charge in [0.2, 0.25) is 0 Å². The van der Waals surface area contributed by atoms with E-state index in [-0.39, 0.29) is 6.03 Å². The second-order valence-electron chi connectivity index (χ2n) is 4.57. The van der Waals surface area contributed by atoms with Gasteiger partial charge in [0.15, 0.2) is 0 Å². The third-order valence-electron chi connectivity index (χ3n) is 2.94. The summed E-state index contributed by atoms with van der Waals surface area (Å²) in [5, 5.41) is 7.84. The SMILES string of the molecule is CCn1cc(Br)c(CN(C)C(=O)Nc2ccc(Cl)cc2)n1. The van der Waals surface area contributed by atoms with Crippen LogP contribution >= 0.6 is 27.5 Å². The maximum absolute atomic E-state index is 12.1. The molecule has 0 aliphatic carbocycles. The van der Waals surface area contributed by atoms with Crippen LogP contribution in [0.25, 0.3) is 0 Å². The molecule has 0 saturated carbocycles. The fraction of sp³-hybridized carbons (Fsp3) is 0.286. The molecule has 1 heterocycles. The van der Waals surface area contributed by atoms with Crippen LogP contribution in [-0.2, 0) is 13.1 Å². The summed E-state index contributed by atoms with van der Waals surface area (Å²) in [6, 6.07) is 6.79. The van der Waals surface area contributed by atoms with E-state index >= 15 is 0 Å². The van der Waals surface area contributed by atoms with Crippen LogP contribution in [0.4, 0.5) is 10.5 Å². The maximum atomic E-state index is 12.1. The van der Waals surface area contributed by atoms with Gasteiger partial charge in [-0.25, -0.2) is 4.79 Å². The van der Waals surface area contributed by atoms with Crippen LogP contribution in [0, 0.1) is 0 Å². The largest absolute Gasteiger partial charge is 0.322 e. The summed E-state index contributed by atoms with van der Waals surface area (Å²) in [5.41, 5.74) is 1.53. The zero-order valence-electron chi connectivity index (χ0n) is 11.8. The van der Waals surface area contributed by atoms with Crippen LogP contribution in [0.5, 0.6) is 0 Å². The van der Waals surface area contributed by atoms with Crippen LogP contribution in [-0.4, -0.2) is 27.8 Å². The number of urea groups is 1. The average Bonchev–Trinajstić information content (AvgIpc) is 2.82. The molecule has 0 spiro atoms. The lowest BCUT2D eigenvalue weighted by molar-refractivity contribution is 0.220. The van der Waals surface area contributed by atoms with Crippen molar-refractivity contribution >= 4 is 39.2 Å². The molecule has 2 amide bonds. The van der Waals surface area contributed by atoms with Crippen LogP contribution < -0.4 is 5.32 Å². The van der Waals surface area contributed by atoms with E-state index in [1.54, 1.807) is 36.2 Å². The minimum absolute atomic E-state index is 0.199. The lowest BCUT2D eigenvalue weighted by Gasteiger charge is -2.17. The minimum atomic E-state index is -0.199. The van der Waals surface area contributed by atoms with Crippen molar-refractivity contribution < 1.29 is 4.79 Å². The fourth-order valence-corrected chi connectivity index (χ4v) is 2.32. The predicted octanol–water partition coefficient (Wildman–Crippen LogP) is 3.98. The first kappa shape index (κ1) is 15.9. The first-order valence-electron chi connectivity index (χ1n) is 6.49. The lowest BCUT2D eigenvalue weighted by Crippen LogP contribution is -2.31. The Hall–Kier alpha value is -1.53. The van der Waals surface area contributed by atoms with E-state index in [0.717, 1.165) is 16.7 Å². The van der Waals surface area contributed by atoms with E-state index in [9.17, 15) is 4.79 Å². The van der Waals surface area contributed by atoms with Crippen molar-refractivity contribution in [1.82, 2.24) is 14.7 Å². The van der Waals surface area contributed by atoms with Gasteiger partial charge in [0.25, 0.3) is 0 Å². The highest BCUT2D eigenvalue weighted by Gasteiger charge is 2.13. The zero-order chi connectivity index (χ0) is 15.4. The van der Waals surface area contributed by atoms with Gasteiger partial charge in [-0.1, -0.05) is 11.6 Å². The summed E-state index contributed by atoms with van der Waals surface area (Å²) in [6.07, 6.45) is 1.90. The molecule has 2 aromatic rings. The number of rotatable bonds is 4. The quantitative estimate of drug-likeness (QED) is 0.883. The van der Waals surface area contributed by atoms with Crippen LogP contribution in [0.15, 0.2) is 34.9 Å². The fourth-order valence-electron chi connectivity index (χ4n) is 1.75. The van der Waals surface area contributed by atoms with Crippen LogP contribution in [0.2, 0.25) is 5.02 Å². The zero-order valence-corrected chi connectivity index (χ0v) is 14.1. The molecule has 1 aromatic heterocycles. The molecule has 21 heavy (non-hydrogen) atoms. The van der Waals surface area contributed by atoms with Crippen molar-refractivity contribution in [2.75, 3.05) is 12.4 Å². The van der Waals surface area contributed by atoms with Crippen molar-refractivity contribution in [2.45, 2.75) is 20.0 Å². The van der Waals surface area contributed by atoms with E-state index in [1.165, 1.54) is 0 Å². The van der Waals surface area contributed by atoms with Crippen molar-refractivity contribution in [1.29, 1.82) is 0 Å². The van der Waals surface area contributed by atoms with Gasteiger partial charge in [-0.3, -0.25) is 4.68 Å². The Bertz CT molecular complexity index is 626. The topological polar surface area (TPSA) is 50.2 Å². The molecule has 112 valence electrons. The number of nitrogens with zero attached hydrogens (tertiary/aromatic N) is 3. The van der Waals surface area contributed by atoms with Gasteiger partial charge in [0.05, 0.1) is 16.7 Å². The third-order valence-corrected chi connectivity index (χ3v) is 3.85. The van der Waals surface area contributed by atoms with Gasteiger partial charge in [0.1, 0.15) is 0 Å². The molecule has 2 rings (SSSR count). The van der Waals surface area contributed by atoms with E-state index in [4.69, 9.17) is 11.6 Å². The second kappa shape index (κ2) is 6.95. The highest BCUT2D eigenvalue weighted by molar-refractivity contribution is 9.10. The Kier molecular flexibility index (Phi) is 5.25. The summed E-state index contributed by atoms with van der Waals surface area (Å²) in [7, 11) is 1.72. The Morgan fingerprint density at radius 1 is 1.43 bits per heavy atom. The number of halogens is 2. The highest BCUT2D eigenvalue weighted by atomic mass is 79.9. The smallest absolute Gasteiger partial charge is 0.321 e. The number of carbonyl (C=O) groups excluding carboxylic acids is 1. The molecular formula is C14H16BrClN4O. The Morgan fingerprint density at radius 3 is 2.67 bits per heavy atom. The number of carbonyl (C=O) groups is 1. The first-order valence-corrected chi connectivity index (χ1v) is 7.66. The number of hydrogen-bond donors (Lipinski definition) is 1. The predicted molar refractivity (Wildman–Crippen MR) is 87.5 cm³/mol. The molecule has 0 fully saturated rings. The maximum Gasteiger partial charge on any atom is 0.321 e. The molecule has 0 aliphatic heterocycles. The van der Waals surface area contributed by atoms with Crippen LogP contribution in [0.1, 0.15) is 12.6 Å². The van der Waals surface area contributed by atoms with Gasteiger partial charge in [-0.15, -0.1) is 0 Å². The number of hydrogen-bond acceptors (Lipinski definition) is 2. The summed E-state index contributed by atoms with van der Waals surface area (Å²) in [5.74, 6) is 0. The van der Waals surface area contributed by atoms with Crippen molar-refractivity contribution in [3.63, 3.8) is 0 Å². The summed E-state index contributed by atoms with van der Waals surface area (Å²) >= 11 is 9.27. The minimum Gasteiger partial charge on any atom is -0.322 e. The van der Waals surface area contributed by atoms with E-state index in [1.807, 2.05) is 17.8 Å². The molecule has 0 saturated heterocycles. The van der Waals surface area contributed by atoms with Gasteiger partial charge >= 0.3 is 6.03 Å². The first-order chi connectivity index (χ1) is 9.99. The van der Waals surface area contributed by atoms with E-state index < -0.39 is 0 Å².